The summed E-state index contributed by atoms with van der Waals surface area (Å²) in [5, 5.41) is 25.7. The molecule has 0 unspecified atom stereocenters. The molecule has 200 valence electrons. The zero-order valence-corrected chi connectivity index (χ0v) is 22.1. The van der Waals surface area contributed by atoms with Crippen LogP contribution in [0.3, 0.4) is 0 Å². The largest absolute Gasteiger partial charge is 0.508 e. The highest BCUT2D eigenvalue weighted by atomic mass is 16.3. The van der Waals surface area contributed by atoms with Gasteiger partial charge in [0.15, 0.2) is 0 Å². The first-order chi connectivity index (χ1) is 18.9. The lowest BCUT2D eigenvalue weighted by atomic mass is 10.0. The fraction of sp³-hybridized carbons (Fsp3) is 0.300. The summed E-state index contributed by atoms with van der Waals surface area (Å²) in [6.45, 7) is 3.73. The molecular formula is C30H32N6O3. The van der Waals surface area contributed by atoms with Gasteiger partial charge in [-0.3, -0.25) is 14.5 Å². The third kappa shape index (κ3) is 6.14. The number of aromatic nitrogens is 4. The normalized spacial score (nSPS) is 14.2. The summed E-state index contributed by atoms with van der Waals surface area (Å²) >= 11 is 0. The lowest BCUT2D eigenvalue weighted by Crippen LogP contribution is -2.47. The van der Waals surface area contributed by atoms with E-state index >= 15 is 0 Å². The number of aryl methyl sites for hydroxylation is 2. The second-order valence-electron chi connectivity index (χ2n) is 10.1. The molecule has 0 radical (unpaired) electrons. The number of anilines is 1. The third-order valence-corrected chi connectivity index (χ3v) is 7.00. The van der Waals surface area contributed by atoms with Gasteiger partial charge >= 0.3 is 0 Å². The van der Waals surface area contributed by atoms with Gasteiger partial charge in [-0.05, 0) is 67.3 Å². The van der Waals surface area contributed by atoms with Crippen molar-refractivity contribution in [2.24, 2.45) is 0 Å². The van der Waals surface area contributed by atoms with E-state index in [9.17, 15) is 14.7 Å². The molecule has 0 saturated heterocycles. The molecule has 9 nitrogen and oxygen atoms in total. The minimum absolute atomic E-state index is 0.0700. The van der Waals surface area contributed by atoms with Crippen LogP contribution >= 0.6 is 0 Å². The molecular weight excluding hydrogens is 492 g/mol. The van der Waals surface area contributed by atoms with E-state index in [4.69, 9.17) is 0 Å². The molecule has 5 rings (SSSR count). The van der Waals surface area contributed by atoms with E-state index < -0.39 is 6.04 Å². The lowest BCUT2D eigenvalue weighted by molar-refractivity contribution is -0.127. The maximum absolute atomic E-state index is 14.0. The van der Waals surface area contributed by atoms with Crippen LogP contribution in [-0.4, -0.2) is 43.2 Å². The summed E-state index contributed by atoms with van der Waals surface area (Å²) in [5.74, 6) is -0.140. The Hall–Kier alpha value is -4.53. The van der Waals surface area contributed by atoms with Crippen LogP contribution in [-0.2, 0) is 16.1 Å². The lowest BCUT2D eigenvalue weighted by Gasteiger charge is -2.32. The highest BCUT2D eigenvalue weighted by Crippen LogP contribution is 2.31. The Labute approximate surface area is 227 Å². The van der Waals surface area contributed by atoms with Gasteiger partial charge in [-0.15, -0.1) is 10.2 Å². The molecule has 9 heteroatoms. The maximum atomic E-state index is 14.0. The third-order valence-electron chi connectivity index (χ3n) is 7.00. The number of hydrogen-bond donors (Lipinski definition) is 2. The van der Waals surface area contributed by atoms with Crippen molar-refractivity contribution < 1.29 is 14.7 Å². The van der Waals surface area contributed by atoms with Crippen molar-refractivity contribution in [1.29, 1.82) is 0 Å². The summed E-state index contributed by atoms with van der Waals surface area (Å²) in [6.07, 6.45) is 3.96. The predicted octanol–water partition coefficient (Wildman–Crippen LogP) is 4.50. The molecule has 2 amide bonds. The number of nitrogens with zero attached hydrogens (tertiary/aromatic N) is 5. The number of carbonyl (C=O) groups excluding carboxylic acids is 2. The second-order valence-corrected chi connectivity index (χ2v) is 10.1. The smallest absolute Gasteiger partial charge is 0.251 e. The quantitative estimate of drug-likeness (QED) is 0.351. The molecule has 1 atom stereocenters. The van der Waals surface area contributed by atoms with Gasteiger partial charge in [0.25, 0.3) is 5.91 Å². The van der Waals surface area contributed by atoms with Crippen molar-refractivity contribution in [2.75, 3.05) is 4.90 Å². The number of nitrogens with one attached hydrogen (secondary N) is 1. The van der Waals surface area contributed by atoms with Crippen LogP contribution < -0.4 is 10.2 Å². The summed E-state index contributed by atoms with van der Waals surface area (Å²) < 4.78 is 0. The molecule has 1 aliphatic carbocycles. The average Bonchev–Trinajstić information content (AvgIpc) is 3.60. The number of phenolic OH excluding ortho intramolecular Hbond substituents is 1. The Kier molecular flexibility index (Phi) is 7.67. The Balaban J connectivity index is 1.50. The standard InChI is InChI=1S/C30H32N6O3/c1-20-10-12-23(13-11-20)29-32-34-35(33-29)19-27(38)36(25-9-5-6-21(2)18-25)28(22-14-16-26(37)17-15-22)30(39)31-24-7-3-4-8-24/h5-6,9-18,24,28,37H,3-4,7-8,19H2,1-2H3,(H,31,39)/t28-/m0/s1. The minimum atomic E-state index is -0.958. The predicted molar refractivity (Wildman–Crippen MR) is 148 cm³/mol. The Morgan fingerprint density at radius 3 is 2.41 bits per heavy atom. The Morgan fingerprint density at radius 2 is 1.72 bits per heavy atom. The Bertz CT molecular complexity index is 1440. The van der Waals surface area contributed by atoms with E-state index in [2.05, 4.69) is 20.7 Å². The van der Waals surface area contributed by atoms with E-state index in [1.807, 2.05) is 62.4 Å². The first kappa shape index (κ1) is 26.1. The van der Waals surface area contributed by atoms with Crippen LogP contribution in [0.5, 0.6) is 5.75 Å². The number of phenols is 1. The second kappa shape index (κ2) is 11.5. The first-order valence-electron chi connectivity index (χ1n) is 13.2. The van der Waals surface area contributed by atoms with Crippen molar-refractivity contribution in [3.63, 3.8) is 0 Å². The SMILES string of the molecule is Cc1ccc(-c2nnn(CC(=O)N(c3cccc(C)c3)[C@H](C(=O)NC3CCCC3)c3ccc(O)cc3)n2)cc1. The molecule has 4 aromatic rings. The van der Waals surface area contributed by atoms with Crippen LogP contribution in [0, 0.1) is 13.8 Å². The van der Waals surface area contributed by atoms with Crippen LogP contribution in [0.4, 0.5) is 5.69 Å². The number of carbonyl (C=O) groups is 2. The topological polar surface area (TPSA) is 113 Å². The van der Waals surface area contributed by atoms with Crippen molar-refractivity contribution in [3.8, 4) is 17.1 Å². The highest BCUT2D eigenvalue weighted by Gasteiger charge is 2.34. The first-order valence-corrected chi connectivity index (χ1v) is 13.2. The summed E-state index contributed by atoms with van der Waals surface area (Å²) in [5.41, 5.74) is 4.04. The van der Waals surface area contributed by atoms with E-state index in [0.717, 1.165) is 42.4 Å². The van der Waals surface area contributed by atoms with Crippen LogP contribution in [0.15, 0.2) is 72.8 Å². The fourth-order valence-electron chi connectivity index (χ4n) is 4.97. The van der Waals surface area contributed by atoms with Crippen molar-refractivity contribution in [2.45, 2.75) is 58.2 Å². The minimum Gasteiger partial charge on any atom is -0.508 e. The zero-order chi connectivity index (χ0) is 27.4. The molecule has 1 fully saturated rings. The van der Waals surface area contributed by atoms with Crippen LogP contribution in [0.1, 0.15) is 48.4 Å². The number of amides is 2. The van der Waals surface area contributed by atoms with E-state index in [-0.39, 0.29) is 30.2 Å². The van der Waals surface area contributed by atoms with Gasteiger partial charge in [0, 0.05) is 17.3 Å². The molecule has 0 spiro atoms. The van der Waals surface area contributed by atoms with Crippen molar-refractivity contribution >= 4 is 17.5 Å². The van der Waals surface area contributed by atoms with Gasteiger partial charge in [-0.25, -0.2) is 0 Å². The molecule has 0 aliphatic heterocycles. The molecule has 1 heterocycles. The monoisotopic (exact) mass is 524 g/mol. The van der Waals surface area contributed by atoms with Gasteiger partial charge < -0.3 is 10.4 Å². The summed E-state index contributed by atoms with van der Waals surface area (Å²) in [4.78, 5) is 30.6. The van der Waals surface area contributed by atoms with Gasteiger partial charge in [0.2, 0.25) is 11.7 Å². The molecule has 1 saturated carbocycles. The van der Waals surface area contributed by atoms with Crippen molar-refractivity contribution in [1.82, 2.24) is 25.5 Å². The average molecular weight is 525 g/mol. The highest BCUT2D eigenvalue weighted by molar-refractivity contribution is 6.01. The van der Waals surface area contributed by atoms with Gasteiger partial charge in [-0.1, -0.05) is 66.9 Å². The molecule has 3 aromatic carbocycles. The molecule has 0 bridgehead atoms. The molecule has 1 aromatic heterocycles. The summed E-state index contributed by atoms with van der Waals surface area (Å²) in [6, 6.07) is 20.7. The summed E-state index contributed by atoms with van der Waals surface area (Å²) in [7, 11) is 0. The van der Waals surface area contributed by atoms with E-state index in [0.29, 0.717) is 17.1 Å². The van der Waals surface area contributed by atoms with Gasteiger partial charge in [0.05, 0.1) is 0 Å². The number of benzene rings is 3. The van der Waals surface area contributed by atoms with Crippen LogP contribution in [0.2, 0.25) is 0 Å². The van der Waals surface area contributed by atoms with Gasteiger partial charge in [0.1, 0.15) is 18.3 Å². The Morgan fingerprint density at radius 1 is 1.00 bits per heavy atom. The van der Waals surface area contributed by atoms with Gasteiger partial charge in [-0.2, -0.15) is 4.80 Å². The fourth-order valence-corrected chi connectivity index (χ4v) is 4.97. The zero-order valence-electron chi connectivity index (χ0n) is 22.1. The number of hydrogen-bond acceptors (Lipinski definition) is 6. The molecule has 1 aliphatic rings. The van der Waals surface area contributed by atoms with E-state index in [1.165, 1.54) is 21.8 Å². The van der Waals surface area contributed by atoms with E-state index in [1.54, 1.807) is 12.1 Å². The number of rotatable bonds is 8. The number of tetrazole rings is 1. The maximum Gasteiger partial charge on any atom is 0.251 e. The molecule has 2 N–H and O–H groups in total. The molecule has 39 heavy (non-hydrogen) atoms. The van der Waals surface area contributed by atoms with Crippen molar-refractivity contribution in [3.05, 3.63) is 89.5 Å². The van der Waals surface area contributed by atoms with Crippen LogP contribution in [0.25, 0.3) is 11.4 Å². The number of aromatic hydroxyl groups is 1.